The monoisotopic (exact) mass is 335 g/mol. The van der Waals surface area contributed by atoms with Crippen molar-refractivity contribution in [3.8, 4) is 0 Å². The molecule has 0 saturated heterocycles. The molecule has 1 atom stereocenters. The molecule has 0 heterocycles. The van der Waals surface area contributed by atoms with Crippen molar-refractivity contribution in [2.45, 2.75) is 26.4 Å². The molecule has 128 valence electrons. The van der Waals surface area contributed by atoms with Gasteiger partial charge in [-0.05, 0) is 0 Å². The van der Waals surface area contributed by atoms with E-state index in [0.717, 1.165) is 0 Å². The average Bonchev–Trinajstić information content (AvgIpc) is 2.45. The second-order valence-corrected chi connectivity index (χ2v) is 6.56. The molecule has 8 nitrogen and oxygen atoms in total. The summed E-state index contributed by atoms with van der Waals surface area (Å²) in [6, 6.07) is 0. The van der Waals surface area contributed by atoms with Crippen LogP contribution in [0.3, 0.4) is 0 Å². The van der Waals surface area contributed by atoms with Gasteiger partial charge in [-0.25, -0.2) is 0 Å². The van der Waals surface area contributed by atoms with Crippen LogP contribution in [0.4, 0.5) is 0 Å². The quantitative estimate of drug-likeness (QED) is 0.282. The molecule has 0 radical (unpaired) electrons. The van der Waals surface area contributed by atoms with Gasteiger partial charge in [0.2, 0.25) is 17.7 Å². The van der Waals surface area contributed by atoms with Crippen LogP contribution in [0.25, 0.3) is 0 Å². The maximum Gasteiger partial charge on any atom is 0.249 e. The van der Waals surface area contributed by atoms with Crippen LogP contribution in [-0.2, 0) is 14.4 Å². The summed E-state index contributed by atoms with van der Waals surface area (Å²) in [5.41, 5.74) is 4.03. The van der Waals surface area contributed by atoms with E-state index in [4.69, 9.17) is 10.8 Å². The Morgan fingerprint density at radius 1 is 1.23 bits per heavy atom. The topological polar surface area (TPSA) is 142 Å². The zero-order valence-electron chi connectivity index (χ0n) is 12.9. The molecule has 9 heteroatoms. The van der Waals surface area contributed by atoms with Crippen molar-refractivity contribution in [2.75, 3.05) is 31.2 Å². The molecule has 3 amide bonds. The first-order valence-corrected chi connectivity index (χ1v) is 8.05. The Morgan fingerprint density at radius 2 is 1.86 bits per heavy atom. The Hall–Kier alpha value is -1.32. The number of aliphatic hydroxyl groups is 2. The van der Waals surface area contributed by atoms with E-state index in [-0.39, 0.29) is 31.2 Å². The molecule has 0 aliphatic carbocycles. The van der Waals surface area contributed by atoms with Crippen LogP contribution in [-0.4, -0.2) is 65.2 Å². The van der Waals surface area contributed by atoms with E-state index < -0.39 is 23.3 Å². The molecule has 0 rings (SSSR count). The largest absolute Gasteiger partial charge is 0.396 e. The van der Waals surface area contributed by atoms with E-state index in [1.54, 1.807) is 13.8 Å². The number of hydrogen-bond acceptors (Lipinski definition) is 6. The van der Waals surface area contributed by atoms with Crippen LogP contribution in [0.5, 0.6) is 0 Å². The van der Waals surface area contributed by atoms with Gasteiger partial charge in [0.15, 0.2) is 0 Å². The molecule has 0 aliphatic heterocycles. The molecular weight excluding hydrogens is 310 g/mol. The van der Waals surface area contributed by atoms with Crippen molar-refractivity contribution in [1.29, 1.82) is 0 Å². The minimum Gasteiger partial charge on any atom is -0.396 e. The zero-order valence-corrected chi connectivity index (χ0v) is 13.7. The number of thioether (sulfide) groups is 1. The van der Waals surface area contributed by atoms with Gasteiger partial charge in [0.1, 0.15) is 6.10 Å². The predicted molar refractivity (Wildman–Crippen MR) is 84.0 cm³/mol. The smallest absolute Gasteiger partial charge is 0.249 e. The fourth-order valence-corrected chi connectivity index (χ4v) is 1.95. The number of nitrogens with two attached hydrogens (primary N) is 1. The van der Waals surface area contributed by atoms with E-state index >= 15 is 0 Å². The van der Waals surface area contributed by atoms with E-state index in [1.165, 1.54) is 11.8 Å². The van der Waals surface area contributed by atoms with Crippen LogP contribution in [0, 0.1) is 5.41 Å². The number of rotatable bonds is 11. The van der Waals surface area contributed by atoms with Gasteiger partial charge in [-0.3, -0.25) is 14.4 Å². The van der Waals surface area contributed by atoms with Crippen LogP contribution < -0.4 is 16.4 Å². The van der Waals surface area contributed by atoms with Gasteiger partial charge in [0, 0.05) is 30.7 Å². The lowest BCUT2D eigenvalue weighted by molar-refractivity contribution is -0.137. The maximum atomic E-state index is 11.6. The minimum atomic E-state index is -1.34. The summed E-state index contributed by atoms with van der Waals surface area (Å²) >= 11 is 1.33. The average molecular weight is 335 g/mol. The van der Waals surface area contributed by atoms with Crippen molar-refractivity contribution in [2.24, 2.45) is 11.1 Å². The first kappa shape index (κ1) is 20.7. The molecule has 0 spiro atoms. The first-order valence-electron chi connectivity index (χ1n) is 6.90. The normalized spacial score (nSPS) is 12.5. The third-order valence-electron chi connectivity index (χ3n) is 2.86. The fraction of sp³-hybridized carbons (Fsp3) is 0.769. The van der Waals surface area contributed by atoms with Gasteiger partial charge in [-0.15, -0.1) is 0 Å². The molecule has 0 aromatic heterocycles. The maximum absolute atomic E-state index is 11.6. The van der Waals surface area contributed by atoms with Gasteiger partial charge in [-0.2, -0.15) is 11.8 Å². The van der Waals surface area contributed by atoms with Gasteiger partial charge >= 0.3 is 0 Å². The van der Waals surface area contributed by atoms with E-state index in [9.17, 15) is 19.5 Å². The van der Waals surface area contributed by atoms with Crippen molar-refractivity contribution < 1.29 is 24.6 Å². The van der Waals surface area contributed by atoms with Crippen molar-refractivity contribution in [3.63, 3.8) is 0 Å². The zero-order chi connectivity index (χ0) is 17.2. The summed E-state index contributed by atoms with van der Waals surface area (Å²) in [5.74, 6) is -0.474. The van der Waals surface area contributed by atoms with Crippen molar-refractivity contribution >= 4 is 29.5 Å². The van der Waals surface area contributed by atoms with Crippen LogP contribution in [0.2, 0.25) is 0 Å². The van der Waals surface area contributed by atoms with Crippen LogP contribution in [0.15, 0.2) is 0 Å². The van der Waals surface area contributed by atoms with Gasteiger partial charge in [0.05, 0.1) is 12.4 Å². The van der Waals surface area contributed by atoms with Crippen molar-refractivity contribution in [3.05, 3.63) is 0 Å². The molecule has 0 aliphatic rings. The highest BCUT2D eigenvalue weighted by Crippen LogP contribution is 2.19. The van der Waals surface area contributed by atoms with Gasteiger partial charge in [0.25, 0.3) is 0 Å². The van der Waals surface area contributed by atoms with E-state index in [1.807, 2.05) is 0 Å². The molecule has 6 N–H and O–H groups in total. The summed E-state index contributed by atoms with van der Waals surface area (Å²) in [7, 11) is 0. The van der Waals surface area contributed by atoms with Crippen LogP contribution >= 0.6 is 11.8 Å². The molecule has 22 heavy (non-hydrogen) atoms. The second-order valence-electron chi connectivity index (χ2n) is 5.46. The molecule has 0 aromatic rings. The second kappa shape index (κ2) is 10.4. The summed E-state index contributed by atoms with van der Waals surface area (Å²) in [4.78, 5) is 33.6. The number of nitrogens with one attached hydrogen (secondary N) is 2. The number of amides is 3. The number of carbonyl (C=O) groups excluding carboxylic acids is 3. The van der Waals surface area contributed by atoms with Crippen LogP contribution in [0.1, 0.15) is 20.3 Å². The third-order valence-corrected chi connectivity index (χ3v) is 3.84. The molecule has 0 fully saturated rings. The number of aliphatic hydroxyl groups excluding tert-OH is 2. The minimum absolute atomic E-state index is 0.0818. The first-order chi connectivity index (χ1) is 10.2. The lowest BCUT2D eigenvalue weighted by Gasteiger charge is -2.27. The molecule has 0 saturated carbocycles. The van der Waals surface area contributed by atoms with Gasteiger partial charge in [-0.1, -0.05) is 13.8 Å². The Bertz CT molecular complexity index is 390. The Kier molecular flexibility index (Phi) is 9.79. The Balaban J connectivity index is 3.80. The summed E-state index contributed by atoms with van der Waals surface area (Å²) < 4.78 is 0. The molecule has 0 aromatic carbocycles. The standard InChI is InChI=1S/C13H25N3O5S/c1-13(2,8-17)11(20)12(21)16-4-3-10(19)15-5-6-22-7-9(14)18/h11,17,20H,3-8H2,1-2H3,(H2,14,18)(H,15,19)(H,16,21)/t11-/m0/s1. The number of primary amides is 1. The summed E-state index contributed by atoms with van der Waals surface area (Å²) in [6.45, 7) is 3.30. The molecule has 0 bridgehead atoms. The number of hydrogen-bond donors (Lipinski definition) is 5. The molecule has 0 unspecified atom stereocenters. The lowest BCUT2D eigenvalue weighted by atomic mass is 9.87. The Labute approximate surface area is 134 Å². The highest BCUT2D eigenvalue weighted by Gasteiger charge is 2.32. The fourth-order valence-electron chi connectivity index (χ4n) is 1.36. The lowest BCUT2D eigenvalue weighted by Crippen LogP contribution is -2.46. The van der Waals surface area contributed by atoms with E-state index in [0.29, 0.717) is 12.3 Å². The summed E-state index contributed by atoms with van der Waals surface area (Å²) in [6.07, 6.45) is -1.26. The highest BCUT2D eigenvalue weighted by atomic mass is 32.2. The summed E-state index contributed by atoms with van der Waals surface area (Å²) in [5, 5.41) is 23.9. The Morgan fingerprint density at radius 3 is 2.41 bits per heavy atom. The van der Waals surface area contributed by atoms with E-state index in [2.05, 4.69) is 10.6 Å². The number of carbonyl (C=O) groups is 3. The third kappa shape index (κ3) is 8.85. The highest BCUT2D eigenvalue weighted by molar-refractivity contribution is 7.99. The SMILES string of the molecule is CC(C)(CO)[C@@H](O)C(=O)NCCC(=O)NCCSCC(N)=O. The molecular formula is C13H25N3O5S. The predicted octanol–water partition coefficient (Wildman–Crippen LogP) is -1.79. The van der Waals surface area contributed by atoms with Crippen molar-refractivity contribution in [1.82, 2.24) is 10.6 Å². The van der Waals surface area contributed by atoms with Gasteiger partial charge < -0.3 is 26.6 Å².